The fourth-order valence-electron chi connectivity index (χ4n) is 4.58. The maximum atomic E-state index is 11.8. The molecule has 0 aromatic heterocycles. The molecule has 0 aliphatic rings. The van der Waals surface area contributed by atoms with Crippen LogP contribution >= 0.6 is 0 Å². The van der Waals surface area contributed by atoms with Gasteiger partial charge in [0, 0.05) is 25.7 Å². The zero-order valence-electron chi connectivity index (χ0n) is 22.5. The van der Waals surface area contributed by atoms with Crippen LogP contribution in [-0.4, -0.2) is 22.8 Å². The van der Waals surface area contributed by atoms with E-state index in [0.29, 0.717) is 25.7 Å². The average Bonchev–Trinajstić information content (AvgIpc) is 2.80. The minimum atomic E-state index is -0.210. The second kappa shape index (κ2) is 25.9. The van der Waals surface area contributed by atoms with Gasteiger partial charge in [-0.3, -0.25) is 9.59 Å². The van der Waals surface area contributed by atoms with E-state index in [1.165, 1.54) is 96.3 Å². The van der Waals surface area contributed by atoms with Gasteiger partial charge in [-0.2, -0.15) is 0 Å². The molecule has 0 bridgehead atoms. The Morgan fingerprint density at radius 1 is 0.455 bits per heavy atom. The first-order valence-corrected chi connectivity index (χ1v) is 14.8. The van der Waals surface area contributed by atoms with Gasteiger partial charge in [-0.1, -0.05) is 123 Å². The van der Waals surface area contributed by atoms with E-state index in [4.69, 9.17) is 0 Å². The predicted molar refractivity (Wildman–Crippen MR) is 143 cm³/mol. The molecule has 3 nitrogen and oxygen atoms in total. The van der Waals surface area contributed by atoms with Crippen molar-refractivity contribution in [1.29, 1.82) is 0 Å². The van der Waals surface area contributed by atoms with Gasteiger partial charge in [0.2, 0.25) is 0 Å². The van der Waals surface area contributed by atoms with Crippen LogP contribution in [0.2, 0.25) is 0 Å². The van der Waals surface area contributed by atoms with Crippen LogP contribution in [-0.2, 0) is 9.59 Å². The smallest absolute Gasteiger partial charge is 0.133 e. The van der Waals surface area contributed by atoms with Gasteiger partial charge in [0.1, 0.15) is 11.6 Å². The van der Waals surface area contributed by atoms with Crippen molar-refractivity contribution in [2.75, 3.05) is 0 Å². The topological polar surface area (TPSA) is 54.4 Å². The van der Waals surface area contributed by atoms with Gasteiger partial charge in [0.05, 0.1) is 6.10 Å². The van der Waals surface area contributed by atoms with Gasteiger partial charge >= 0.3 is 0 Å². The third-order valence-electron chi connectivity index (χ3n) is 6.85. The monoisotopic (exact) mass is 466 g/mol. The molecule has 33 heavy (non-hydrogen) atoms. The molecule has 0 radical (unpaired) electrons. The van der Waals surface area contributed by atoms with Crippen LogP contribution in [0.25, 0.3) is 0 Å². The summed E-state index contributed by atoms with van der Waals surface area (Å²) in [6.45, 7) is 4.27. The number of hydrogen-bond donors (Lipinski definition) is 1. The number of carbonyl (C=O) groups excluding carboxylic acids is 2. The van der Waals surface area contributed by atoms with Crippen molar-refractivity contribution in [3.05, 3.63) is 0 Å². The largest absolute Gasteiger partial charge is 0.393 e. The van der Waals surface area contributed by atoms with Crippen molar-refractivity contribution in [3.8, 4) is 0 Å². The maximum Gasteiger partial charge on any atom is 0.133 e. The van der Waals surface area contributed by atoms with Crippen molar-refractivity contribution >= 4 is 11.6 Å². The molecule has 0 aromatic carbocycles. The quantitative estimate of drug-likeness (QED) is 0.123. The van der Waals surface area contributed by atoms with Crippen molar-refractivity contribution < 1.29 is 14.7 Å². The summed E-state index contributed by atoms with van der Waals surface area (Å²) in [5, 5.41) is 10.1. The molecule has 0 aliphatic carbocycles. The first-order valence-electron chi connectivity index (χ1n) is 14.8. The Balaban J connectivity index is 3.28. The molecule has 0 rings (SSSR count). The summed E-state index contributed by atoms with van der Waals surface area (Å²) in [6.07, 6.45) is 28.1. The molecule has 3 heteroatoms. The maximum absolute atomic E-state index is 11.8. The Kier molecular flexibility index (Phi) is 25.4. The second-order valence-electron chi connectivity index (χ2n) is 10.3. The molecule has 0 amide bonds. The van der Waals surface area contributed by atoms with Crippen molar-refractivity contribution in [1.82, 2.24) is 0 Å². The number of hydrogen-bond acceptors (Lipinski definition) is 3. The highest BCUT2D eigenvalue weighted by Gasteiger charge is 2.08. The highest BCUT2D eigenvalue weighted by molar-refractivity contribution is 5.85. The Morgan fingerprint density at radius 2 is 0.818 bits per heavy atom. The lowest BCUT2D eigenvalue weighted by Gasteiger charge is -2.10. The van der Waals surface area contributed by atoms with Gasteiger partial charge in [-0.25, -0.2) is 0 Å². The summed E-state index contributed by atoms with van der Waals surface area (Å²) in [5.41, 5.74) is 0. The molecule has 0 aromatic rings. The van der Waals surface area contributed by atoms with Crippen LogP contribution in [0.3, 0.4) is 0 Å². The third kappa shape index (κ3) is 25.8. The van der Waals surface area contributed by atoms with Crippen LogP contribution in [0.1, 0.15) is 174 Å². The number of carbonyl (C=O) groups is 2. The van der Waals surface area contributed by atoms with Crippen LogP contribution in [0.15, 0.2) is 0 Å². The summed E-state index contributed by atoms with van der Waals surface area (Å²) in [6, 6.07) is 0. The molecular formula is C30H58O3. The first-order chi connectivity index (χ1) is 16.1. The molecule has 0 spiro atoms. The molecule has 196 valence electrons. The molecular weight excluding hydrogens is 408 g/mol. The normalized spacial score (nSPS) is 12.2. The van der Waals surface area contributed by atoms with Gasteiger partial charge in [0.25, 0.3) is 0 Å². The number of Topliss-reactive ketones (excluding diaryl/α,β-unsaturated/α-hetero) is 2. The minimum Gasteiger partial charge on any atom is -0.393 e. The molecule has 0 saturated heterocycles. The van der Waals surface area contributed by atoms with Crippen LogP contribution < -0.4 is 0 Å². The summed E-state index contributed by atoms with van der Waals surface area (Å²) in [5.74, 6) is 0.409. The minimum absolute atomic E-state index is 0.201. The third-order valence-corrected chi connectivity index (χ3v) is 6.85. The van der Waals surface area contributed by atoms with E-state index in [1.807, 2.05) is 6.92 Å². The number of unbranched alkanes of at least 4 members (excludes halogenated alkanes) is 16. The predicted octanol–water partition coefficient (Wildman–Crippen LogP) is 9.28. The number of rotatable bonds is 27. The van der Waals surface area contributed by atoms with Gasteiger partial charge in [-0.15, -0.1) is 0 Å². The SMILES string of the molecule is CCCCCCCCCCCCCCCCCC[C@H](O)CCCCC(=O)CCC(=O)CCC. The van der Waals surface area contributed by atoms with E-state index in [-0.39, 0.29) is 17.7 Å². The Bertz CT molecular complexity index is 432. The molecule has 0 heterocycles. The molecule has 1 N–H and O–H groups in total. The van der Waals surface area contributed by atoms with E-state index in [2.05, 4.69) is 6.92 Å². The van der Waals surface area contributed by atoms with Crippen LogP contribution in [0.5, 0.6) is 0 Å². The summed E-state index contributed by atoms with van der Waals surface area (Å²) in [4.78, 5) is 23.3. The zero-order chi connectivity index (χ0) is 24.4. The molecule has 0 fully saturated rings. The molecule has 1 atom stereocenters. The summed E-state index contributed by atoms with van der Waals surface area (Å²) in [7, 11) is 0. The van der Waals surface area contributed by atoms with E-state index in [1.54, 1.807) is 0 Å². The first kappa shape index (κ1) is 32.3. The van der Waals surface area contributed by atoms with Gasteiger partial charge < -0.3 is 5.11 Å². The Hall–Kier alpha value is -0.700. The standard InChI is InChI=1S/C30H58O3/c1-3-5-6-7-8-9-10-11-12-13-14-15-16-17-18-19-23-29(32)24-20-21-25-30(33)27-26-28(31)22-4-2/h29,32H,3-27H2,1-2H3/t29-/m0/s1. The van der Waals surface area contributed by atoms with Crippen LogP contribution in [0, 0.1) is 0 Å². The fraction of sp³-hybridized carbons (Fsp3) is 0.933. The lowest BCUT2D eigenvalue weighted by molar-refractivity contribution is -0.124. The second-order valence-corrected chi connectivity index (χ2v) is 10.3. The average molecular weight is 467 g/mol. The van der Waals surface area contributed by atoms with Crippen molar-refractivity contribution in [2.45, 2.75) is 180 Å². The van der Waals surface area contributed by atoms with Crippen molar-refractivity contribution in [3.63, 3.8) is 0 Å². The Labute approximate surface area is 206 Å². The number of aliphatic hydroxyl groups is 1. The van der Waals surface area contributed by atoms with Crippen LogP contribution in [0.4, 0.5) is 0 Å². The zero-order valence-corrected chi connectivity index (χ0v) is 22.5. The molecule has 0 saturated carbocycles. The summed E-state index contributed by atoms with van der Waals surface area (Å²) < 4.78 is 0. The van der Waals surface area contributed by atoms with E-state index in [9.17, 15) is 14.7 Å². The number of ketones is 2. The summed E-state index contributed by atoms with van der Waals surface area (Å²) >= 11 is 0. The highest BCUT2D eigenvalue weighted by Crippen LogP contribution is 2.16. The van der Waals surface area contributed by atoms with E-state index < -0.39 is 0 Å². The highest BCUT2D eigenvalue weighted by atomic mass is 16.3. The lowest BCUT2D eigenvalue weighted by Crippen LogP contribution is -2.07. The number of aliphatic hydroxyl groups excluding tert-OH is 1. The molecule has 0 aliphatic heterocycles. The van der Waals surface area contributed by atoms with Crippen molar-refractivity contribution in [2.24, 2.45) is 0 Å². The fourth-order valence-corrected chi connectivity index (χ4v) is 4.58. The Morgan fingerprint density at radius 3 is 1.24 bits per heavy atom. The van der Waals surface area contributed by atoms with E-state index in [0.717, 1.165) is 38.5 Å². The molecule has 0 unspecified atom stereocenters. The van der Waals surface area contributed by atoms with Gasteiger partial charge in [0.15, 0.2) is 0 Å². The van der Waals surface area contributed by atoms with Gasteiger partial charge in [-0.05, 0) is 25.7 Å². The lowest BCUT2D eigenvalue weighted by atomic mass is 10.0. The van der Waals surface area contributed by atoms with E-state index >= 15 is 0 Å².